The van der Waals surface area contributed by atoms with Gasteiger partial charge in [0.05, 0.1) is 11.3 Å². The molecule has 0 saturated heterocycles. The summed E-state index contributed by atoms with van der Waals surface area (Å²) < 4.78 is 0. The normalized spacial score (nSPS) is 11.3. The van der Waals surface area contributed by atoms with Crippen LogP contribution >= 0.6 is 11.8 Å². The van der Waals surface area contributed by atoms with Crippen molar-refractivity contribution >= 4 is 45.9 Å². The lowest BCUT2D eigenvalue weighted by Crippen LogP contribution is -2.17. The predicted octanol–water partition coefficient (Wildman–Crippen LogP) is 4.62. The summed E-state index contributed by atoms with van der Waals surface area (Å²) in [5, 5.41) is 7.30. The van der Waals surface area contributed by atoms with Gasteiger partial charge in [0.15, 0.2) is 0 Å². The molecule has 0 saturated carbocycles. The van der Waals surface area contributed by atoms with E-state index in [0.29, 0.717) is 11.4 Å². The molecule has 3 rings (SSSR count). The maximum atomic E-state index is 12.5. The first kappa shape index (κ1) is 20.8. The number of rotatable bonds is 5. The molecule has 1 heterocycles. The second-order valence-corrected chi connectivity index (χ2v) is 8.68. The van der Waals surface area contributed by atoms with Crippen LogP contribution in [0.25, 0.3) is 10.9 Å². The maximum absolute atomic E-state index is 12.5. The van der Waals surface area contributed by atoms with Crippen LogP contribution in [0.5, 0.6) is 0 Å². The van der Waals surface area contributed by atoms with Crippen molar-refractivity contribution < 1.29 is 9.59 Å². The lowest BCUT2D eigenvalue weighted by atomic mass is 9.95. The first-order chi connectivity index (χ1) is 13.7. The first-order valence-electron chi connectivity index (χ1n) is 9.30. The molecule has 0 atom stereocenters. The van der Waals surface area contributed by atoms with Crippen LogP contribution in [0.15, 0.2) is 53.6 Å². The van der Waals surface area contributed by atoms with Crippen LogP contribution in [0.3, 0.4) is 0 Å². The average molecular weight is 409 g/mol. The molecule has 0 aliphatic rings. The smallest absolute Gasteiger partial charge is 0.234 e. The van der Waals surface area contributed by atoms with Gasteiger partial charge in [-0.3, -0.25) is 9.59 Å². The average Bonchev–Trinajstić information content (AvgIpc) is 2.65. The highest BCUT2D eigenvalue weighted by atomic mass is 32.2. The van der Waals surface area contributed by atoms with Crippen molar-refractivity contribution in [2.45, 2.75) is 38.1 Å². The summed E-state index contributed by atoms with van der Waals surface area (Å²) in [5.41, 5.74) is 1.95. The highest BCUT2D eigenvalue weighted by molar-refractivity contribution is 8.00. The molecule has 3 aromatic rings. The van der Waals surface area contributed by atoms with Crippen molar-refractivity contribution in [2.24, 2.45) is 0 Å². The molecule has 0 fully saturated rings. The highest BCUT2D eigenvalue weighted by Gasteiger charge is 2.20. The minimum Gasteiger partial charge on any atom is -0.326 e. The summed E-state index contributed by atoms with van der Waals surface area (Å²) in [6.07, 6.45) is 0. The molecule has 150 valence electrons. The van der Waals surface area contributed by atoms with E-state index in [9.17, 15) is 9.59 Å². The topological polar surface area (TPSA) is 84.0 Å². The molecule has 0 spiro atoms. The van der Waals surface area contributed by atoms with Gasteiger partial charge in [-0.25, -0.2) is 9.97 Å². The summed E-state index contributed by atoms with van der Waals surface area (Å²) in [4.78, 5) is 33.1. The van der Waals surface area contributed by atoms with Gasteiger partial charge >= 0.3 is 0 Å². The Labute approximate surface area is 174 Å². The van der Waals surface area contributed by atoms with Gasteiger partial charge in [-0.15, -0.1) is 0 Å². The first-order valence-corrected chi connectivity index (χ1v) is 10.3. The summed E-state index contributed by atoms with van der Waals surface area (Å²) in [5.74, 6) is 0.668. The minimum absolute atomic E-state index is 0.144. The number of hydrogen-bond donors (Lipinski definition) is 2. The van der Waals surface area contributed by atoms with E-state index in [1.165, 1.54) is 18.7 Å². The van der Waals surface area contributed by atoms with Crippen LogP contribution in [-0.4, -0.2) is 27.5 Å². The monoisotopic (exact) mass is 408 g/mol. The maximum Gasteiger partial charge on any atom is 0.234 e. The number of amides is 2. The highest BCUT2D eigenvalue weighted by Crippen LogP contribution is 2.29. The van der Waals surface area contributed by atoms with Gasteiger partial charge in [0.2, 0.25) is 11.8 Å². The van der Waals surface area contributed by atoms with E-state index >= 15 is 0 Å². The summed E-state index contributed by atoms with van der Waals surface area (Å²) in [6.45, 7) is 7.65. The molecule has 1 aromatic heterocycles. The Balaban J connectivity index is 1.75. The minimum atomic E-state index is -0.189. The van der Waals surface area contributed by atoms with Gasteiger partial charge in [-0.05, 0) is 24.3 Å². The Hall–Kier alpha value is -2.93. The van der Waals surface area contributed by atoms with Gasteiger partial charge in [-0.1, -0.05) is 56.8 Å². The fraction of sp³-hybridized carbons (Fsp3) is 0.273. The fourth-order valence-electron chi connectivity index (χ4n) is 2.70. The second-order valence-electron chi connectivity index (χ2n) is 7.72. The van der Waals surface area contributed by atoms with Gasteiger partial charge in [0.25, 0.3) is 0 Å². The van der Waals surface area contributed by atoms with Crippen LogP contribution in [0.1, 0.15) is 33.5 Å². The zero-order valence-electron chi connectivity index (χ0n) is 16.9. The van der Waals surface area contributed by atoms with Crippen molar-refractivity contribution in [1.29, 1.82) is 0 Å². The zero-order chi connectivity index (χ0) is 21.0. The Morgan fingerprint density at radius 3 is 2.34 bits per heavy atom. The molecule has 0 radical (unpaired) electrons. The quantitative estimate of drug-likeness (QED) is 0.475. The number of anilines is 2. The molecule has 0 aliphatic carbocycles. The predicted molar refractivity (Wildman–Crippen MR) is 118 cm³/mol. The number of benzene rings is 2. The van der Waals surface area contributed by atoms with Gasteiger partial charge in [0.1, 0.15) is 10.9 Å². The Morgan fingerprint density at radius 1 is 0.966 bits per heavy atom. The van der Waals surface area contributed by atoms with Crippen molar-refractivity contribution in [3.63, 3.8) is 0 Å². The molecule has 2 aromatic carbocycles. The van der Waals surface area contributed by atoms with Crippen molar-refractivity contribution in [3.8, 4) is 0 Å². The summed E-state index contributed by atoms with van der Waals surface area (Å²) >= 11 is 1.39. The molecule has 2 N–H and O–H groups in total. The molecule has 29 heavy (non-hydrogen) atoms. The Kier molecular flexibility index (Phi) is 6.17. The van der Waals surface area contributed by atoms with E-state index < -0.39 is 0 Å². The number of thioether (sulfide) groups is 1. The zero-order valence-corrected chi connectivity index (χ0v) is 17.8. The standard InChI is InChI=1S/C22H24N4O2S/c1-14(27)23-15-8-7-9-16(12-15)24-19(28)13-29-20-17-10-5-6-11-18(17)25-21(26-20)22(2,3)4/h5-12H,13H2,1-4H3,(H,23,27)(H,24,28). The van der Waals surface area contributed by atoms with E-state index in [2.05, 4.69) is 36.4 Å². The SMILES string of the molecule is CC(=O)Nc1cccc(NC(=O)CSc2nc(C(C)(C)C)nc3ccccc23)c1. The van der Waals surface area contributed by atoms with Gasteiger partial charge < -0.3 is 10.6 Å². The third-order valence-electron chi connectivity index (χ3n) is 4.05. The number of fused-ring (bicyclic) bond motifs is 1. The van der Waals surface area contributed by atoms with Crippen LogP contribution < -0.4 is 10.6 Å². The van der Waals surface area contributed by atoms with Gasteiger partial charge in [-0.2, -0.15) is 0 Å². The fourth-order valence-corrected chi connectivity index (χ4v) is 3.52. The number of nitrogens with one attached hydrogen (secondary N) is 2. The van der Waals surface area contributed by atoms with E-state index in [-0.39, 0.29) is 23.0 Å². The van der Waals surface area contributed by atoms with Crippen LogP contribution in [0.4, 0.5) is 11.4 Å². The number of aromatic nitrogens is 2. The molecule has 2 amide bonds. The number of nitrogens with zero attached hydrogens (tertiary/aromatic N) is 2. The number of para-hydroxylation sites is 1. The molecular weight excluding hydrogens is 384 g/mol. The third kappa shape index (κ3) is 5.54. The molecule has 6 nitrogen and oxygen atoms in total. The summed E-state index contributed by atoms with van der Waals surface area (Å²) in [6, 6.07) is 14.9. The van der Waals surface area contributed by atoms with E-state index in [4.69, 9.17) is 4.98 Å². The van der Waals surface area contributed by atoms with Crippen molar-refractivity contribution in [2.75, 3.05) is 16.4 Å². The van der Waals surface area contributed by atoms with Crippen LogP contribution in [0.2, 0.25) is 0 Å². The number of carbonyl (C=O) groups excluding carboxylic acids is 2. The molecule has 0 aliphatic heterocycles. The van der Waals surface area contributed by atoms with Crippen LogP contribution in [-0.2, 0) is 15.0 Å². The van der Waals surface area contributed by atoms with E-state index in [1.54, 1.807) is 24.3 Å². The van der Waals surface area contributed by atoms with E-state index in [0.717, 1.165) is 21.8 Å². The number of carbonyl (C=O) groups is 2. The lowest BCUT2D eigenvalue weighted by molar-refractivity contribution is -0.114. The van der Waals surface area contributed by atoms with Crippen molar-refractivity contribution in [1.82, 2.24) is 9.97 Å². The lowest BCUT2D eigenvalue weighted by Gasteiger charge is -2.18. The Morgan fingerprint density at radius 2 is 1.66 bits per heavy atom. The molecule has 7 heteroatoms. The number of hydrogen-bond acceptors (Lipinski definition) is 5. The van der Waals surface area contributed by atoms with Gasteiger partial charge in [0, 0.05) is 29.1 Å². The summed E-state index contributed by atoms with van der Waals surface area (Å²) in [7, 11) is 0. The largest absolute Gasteiger partial charge is 0.326 e. The molecule has 0 unspecified atom stereocenters. The van der Waals surface area contributed by atoms with Crippen LogP contribution in [0, 0.1) is 0 Å². The van der Waals surface area contributed by atoms with E-state index in [1.807, 2.05) is 24.3 Å². The third-order valence-corrected chi connectivity index (χ3v) is 5.04. The van der Waals surface area contributed by atoms with Crippen molar-refractivity contribution in [3.05, 3.63) is 54.4 Å². The Bertz CT molecular complexity index is 1060. The second kappa shape index (κ2) is 8.61. The molecular formula is C22H24N4O2S. The molecule has 0 bridgehead atoms.